The average Bonchev–Trinajstić information content (AvgIpc) is 3.02. The van der Waals surface area contributed by atoms with Gasteiger partial charge in [0.05, 0.1) is 4.92 Å². The van der Waals surface area contributed by atoms with Crippen LogP contribution < -0.4 is 0 Å². The number of aryl methyl sites for hydroxylation is 1. The van der Waals surface area contributed by atoms with Crippen molar-refractivity contribution < 1.29 is 9.72 Å². The Morgan fingerprint density at radius 3 is 2.59 bits per heavy atom. The molecular weight excluding hydrogens is 366 g/mol. The Balaban J connectivity index is 1.71. The lowest BCUT2D eigenvalue weighted by atomic mass is 9.95. The first-order chi connectivity index (χ1) is 12.8. The van der Waals surface area contributed by atoms with Gasteiger partial charge in [-0.3, -0.25) is 20.0 Å². The topological polar surface area (TPSA) is 97.1 Å². The van der Waals surface area contributed by atoms with Crippen molar-refractivity contribution in [1.82, 2.24) is 19.7 Å². The summed E-state index contributed by atoms with van der Waals surface area (Å²) in [6.07, 6.45) is 1.62. The first-order valence-electron chi connectivity index (χ1n) is 9.00. The molecule has 1 aromatic heterocycles. The highest BCUT2D eigenvalue weighted by Gasteiger charge is 2.28. The van der Waals surface area contributed by atoms with Gasteiger partial charge >= 0.3 is 0 Å². The van der Waals surface area contributed by atoms with Gasteiger partial charge in [-0.2, -0.15) is 5.10 Å². The fourth-order valence-electron chi connectivity index (χ4n) is 3.62. The number of nitrogens with one attached hydrogen (secondary N) is 1. The molecule has 2 aromatic rings. The molecular formula is C18H23N5O3S. The van der Waals surface area contributed by atoms with Crippen molar-refractivity contribution >= 4 is 23.8 Å². The molecule has 3 rings (SSSR count). The molecule has 1 saturated heterocycles. The number of H-pyrrole nitrogens is 1. The van der Waals surface area contributed by atoms with Gasteiger partial charge in [-0.25, -0.2) is 0 Å². The molecule has 1 aliphatic heterocycles. The van der Waals surface area contributed by atoms with E-state index < -0.39 is 4.92 Å². The van der Waals surface area contributed by atoms with Gasteiger partial charge in [0.1, 0.15) is 5.82 Å². The summed E-state index contributed by atoms with van der Waals surface area (Å²) in [4.78, 5) is 25.1. The predicted octanol–water partition coefficient (Wildman–Crippen LogP) is 3.76. The second-order valence-corrected chi connectivity index (χ2v) is 7.56. The maximum Gasteiger partial charge on any atom is 0.272 e. The van der Waals surface area contributed by atoms with E-state index in [4.69, 9.17) is 12.2 Å². The number of carbonyl (C=O) groups is 1. The van der Waals surface area contributed by atoms with Gasteiger partial charge in [0.15, 0.2) is 4.77 Å². The Bertz CT molecular complexity index is 925. The summed E-state index contributed by atoms with van der Waals surface area (Å²) < 4.78 is 2.66. The SMILES string of the molecule is Cc1cc(C(=O)N2CCC(c3n[nH]c(=S)n3C(C)C)CC2)ccc1[N+](=O)[O-]. The number of carbonyl (C=O) groups excluding carboxylic acids is 1. The predicted molar refractivity (Wildman–Crippen MR) is 104 cm³/mol. The van der Waals surface area contributed by atoms with Gasteiger partial charge in [-0.15, -0.1) is 0 Å². The third kappa shape index (κ3) is 3.78. The van der Waals surface area contributed by atoms with Gasteiger partial charge in [0.2, 0.25) is 0 Å². The summed E-state index contributed by atoms with van der Waals surface area (Å²) in [6.45, 7) is 7.04. The normalized spacial score (nSPS) is 15.3. The molecule has 0 atom stereocenters. The molecule has 1 fully saturated rings. The van der Waals surface area contributed by atoms with Crippen LogP contribution in [0.4, 0.5) is 5.69 Å². The Morgan fingerprint density at radius 2 is 2.04 bits per heavy atom. The zero-order chi connectivity index (χ0) is 19.7. The summed E-state index contributed by atoms with van der Waals surface area (Å²) >= 11 is 5.32. The second kappa shape index (κ2) is 7.59. The molecule has 8 nitrogen and oxygen atoms in total. The molecule has 144 valence electrons. The Morgan fingerprint density at radius 1 is 1.37 bits per heavy atom. The van der Waals surface area contributed by atoms with Crippen LogP contribution in [-0.2, 0) is 0 Å². The van der Waals surface area contributed by atoms with E-state index in [1.807, 2.05) is 4.57 Å². The molecule has 1 amide bonds. The van der Waals surface area contributed by atoms with Crippen molar-refractivity contribution in [1.29, 1.82) is 0 Å². The Labute approximate surface area is 162 Å². The van der Waals surface area contributed by atoms with Gasteiger partial charge in [-0.05, 0) is 58.0 Å². The molecule has 0 radical (unpaired) electrons. The van der Waals surface area contributed by atoms with Crippen LogP contribution in [0.5, 0.6) is 0 Å². The quantitative estimate of drug-likeness (QED) is 0.488. The summed E-state index contributed by atoms with van der Waals surface area (Å²) in [5.41, 5.74) is 1.01. The van der Waals surface area contributed by atoms with Crippen LogP contribution in [0.2, 0.25) is 0 Å². The highest BCUT2D eigenvalue weighted by atomic mass is 32.1. The smallest absolute Gasteiger partial charge is 0.272 e. The van der Waals surface area contributed by atoms with Crippen LogP contribution in [0.1, 0.15) is 60.4 Å². The molecule has 0 bridgehead atoms. The zero-order valence-electron chi connectivity index (χ0n) is 15.6. The van der Waals surface area contributed by atoms with Crippen molar-refractivity contribution in [3.8, 4) is 0 Å². The monoisotopic (exact) mass is 389 g/mol. The zero-order valence-corrected chi connectivity index (χ0v) is 16.5. The van der Waals surface area contributed by atoms with Crippen molar-refractivity contribution in [3.63, 3.8) is 0 Å². The molecule has 2 heterocycles. The summed E-state index contributed by atoms with van der Waals surface area (Å²) in [5, 5.41) is 18.2. The number of hydrogen-bond acceptors (Lipinski definition) is 5. The highest BCUT2D eigenvalue weighted by Crippen LogP contribution is 2.29. The Kier molecular flexibility index (Phi) is 5.41. The number of nitro benzene ring substituents is 1. The van der Waals surface area contributed by atoms with E-state index in [1.54, 1.807) is 17.9 Å². The standard InChI is InChI=1S/C18H23N5O3S/c1-11(2)22-16(19-20-18(22)27)13-6-8-21(9-7-13)17(24)14-4-5-15(23(25)26)12(3)10-14/h4-5,10-11,13H,6-9H2,1-3H3,(H,20,27). The molecule has 27 heavy (non-hydrogen) atoms. The van der Waals surface area contributed by atoms with Gasteiger partial charge in [-0.1, -0.05) is 0 Å². The molecule has 1 aromatic carbocycles. The molecule has 0 unspecified atom stereocenters. The lowest BCUT2D eigenvalue weighted by molar-refractivity contribution is -0.385. The minimum atomic E-state index is -0.434. The van der Waals surface area contributed by atoms with Gasteiger partial charge < -0.3 is 9.47 Å². The minimum Gasteiger partial charge on any atom is -0.339 e. The Hall–Kier alpha value is -2.55. The fraction of sp³-hybridized carbons (Fsp3) is 0.500. The van der Waals surface area contributed by atoms with Crippen LogP contribution >= 0.6 is 12.2 Å². The molecule has 1 aliphatic rings. The van der Waals surface area contributed by atoms with Crippen molar-refractivity contribution in [2.75, 3.05) is 13.1 Å². The number of hydrogen-bond donors (Lipinski definition) is 1. The number of nitro groups is 1. The van der Waals surface area contributed by atoms with E-state index in [0.717, 1.165) is 18.7 Å². The van der Waals surface area contributed by atoms with Crippen molar-refractivity contribution in [2.24, 2.45) is 0 Å². The molecule has 0 saturated carbocycles. The third-order valence-electron chi connectivity index (χ3n) is 5.04. The van der Waals surface area contributed by atoms with E-state index in [2.05, 4.69) is 24.0 Å². The maximum absolute atomic E-state index is 12.8. The number of benzene rings is 1. The van der Waals surface area contributed by atoms with E-state index in [0.29, 0.717) is 29.0 Å². The highest BCUT2D eigenvalue weighted by molar-refractivity contribution is 7.71. The average molecular weight is 389 g/mol. The second-order valence-electron chi connectivity index (χ2n) is 7.18. The summed E-state index contributed by atoms with van der Waals surface area (Å²) in [6, 6.07) is 4.75. The van der Waals surface area contributed by atoms with Crippen LogP contribution in [-0.4, -0.2) is 43.6 Å². The van der Waals surface area contributed by atoms with E-state index in [1.165, 1.54) is 12.1 Å². The number of nitrogens with zero attached hydrogens (tertiary/aromatic N) is 4. The molecule has 0 aliphatic carbocycles. The summed E-state index contributed by atoms with van der Waals surface area (Å²) in [5.74, 6) is 1.12. The first-order valence-corrected chi connectivity index (χ1v) is 9.41. The number of aromatic amines is 1. The summed E-state index contributed by atoms with van der Waals surface area (Å²) in [7, 11) is 0. The lowest BCUT2D eigenvalue weighted by Gasteiger charge is -2.32. The number of rotatable bonds is 4. The van der Waals surface area contributed by atoms with Crippen LogP contribution in [0.15, 0.2) is 18.2 Å². The van der Waals surface area contributed by atoms with Crippen LogP contribution in [0.25, 0.3) is 0 Å². The molecule has 9 heteroatoms. The molecule has 0 spiro atoms. The van der Waals surface area contributed by atoms with E-state index in [9.17, 15) is 14.9 Å². The van der Waals surface area contributed by atoms with Gasteiger partial charge in [0, 0.05) is 42.2 Å². The number of amides is 1. The molecule has 1 N–H and O–H groups in total. The van der Waals surface area contributed by atoms with Crippen LogP contribution in [0, 0.1) is 21.8 Å². The van der Waals surface area contributed by atoms with Crippen LogP contribution in [0.3, 0.4) is 0 Å². The van der Waals surface area contributed by atoms with Gasteiger partial charge in [0.25, 0.3) is 11.6 Å². The lowest BCUT2D eigenvalue weighted by Crippen LogP contribution is -2.38. The van der Waals surface area contributed by atoms with Crippen molar-refractivity contribution in [3.05, 3.63) is 50.0 Å². The minimum absolute atomic E-state index is 0.0294. The number of aromatic nitrogens is 3. The van der Waals surface area contributed by atoms with E-state index >= 15 is 0 Å². The van der Waals surface area contributed by atoms with E-state index in [-0.39, 0.29) is 23.6 Å². The number of likely N-dealkylation sites (tertiary alicyclic amines) is 1. The number of piperidine rings is 1. The first kappa shape index (κ1) is 19.2. The van der Waals surface area contributed by atoms with Crippen molar-refractivity contribution in [2.45, 2.75) is 45.6 Å². The third-order valence-corrected chi connectivity index (χ3v) is 5.32. The fourth-order valence-corrected chi connectivity index (χ4v) is 3.97. The maximum atomic E-state index is 12.8. The largest absolute Gasteiger partial charge is 0.339 e.